The van der Waals surface area contributed by atoms with Crippen LogP contribution >= 0.6 is 0 Å². The van der Waals surface area contributed by atoms with E-state index in [4.69, 9.17) is 4.55 Å². The quantitative estimate of drug-likeness (QED) is 0.403. The first-order valence-electron chi connectivity index (χ1n) is 7.61. The van der Waals surface area contributed by atoms with Gasteiger partial charge in [0, 0.05) is 0 Å². The summed E-state index contributed by atoms with van der Waals surface area (Å²) in [5, 5.41) is 0. The predicted octanol–water partition coefficient (Wildman–Crippen LogP) is 3.34. The molecule has 0 atom stereocenters. The number of quaternary nitrogens is 1. The van der Waals surface area contributed by atoms with Crippen LogP contribution in [0.2, 0.25) is 0 Å². The molecule has 0 fully saturated rings. The lowest BCUT2D eigenvalue weighted by Gasteiger charge is -2.34. The number of unbranched alkanes of at least 4 members (excludes halogenated alkanes) is 3. The van der Waals surface area contributed by atoms with Crippen molar-refractivity contribution in [1.82, 2.24) is 0 Å². The zero-order valence-electron chi connectivity index (χ0n) is 13.5. The summed E-state index contributed by atoms with van der Waals surface area (Å²) in [4.78, 5) is 0. The van der Waals surface area contributed by atoms with E-state index in [2.05, 4.69) is 27.7 Å². The van der Waals surface area contributed by atoms with Gasteiger partial charge in [-0.05, 0) is 34.1 Å². The standard InChI is InChI=1S/C8H20N.C6H14O3S/c1-5-9(6-2,7-3)8-4;1-2-3-4-5-6-10(7,8)9/h5-8H2,1-4H3;2-6H2,1H3,(H,7,8,9)/q+1;. The van der Waals surface area contributed by atoms with Crippen LogP contribution < -0.4 is 0 Å². The van der Waals surface area contributed by atoms with Gasteiger partial charge in [0.2, 0.25) is 0 Å². The molecule has 118 valence electrons. The molecule has 4 nitrogen and oxygen atoms in total. The monoisotopic (exact) mass is 296 g/mol. The van der Waals surface area contributed by atoms with Crippen molar-refractivity contribution in [3.8, 4) is 0 Å². The lowest BCUT2D eigenvalue weighted by atomic mass is 10.2. The fourth-order valence-corrected chi connectivity index (χ4v) is 2.62. The SMILES string of the molecule is CCCCCCS(=O)(=O)O.CC[N+](CC)(CC)CC. The van der Waals surface area contributed by atoms with Gasteiger partial charge >= 0.3 is 0 Å². The molecule has 0 heterocycles. The number of hydrogen-bond donors (Lipinski definition) is 1. The highest BCUT2D eigenvalue weighted by atomic mass is 32.2. The van der Waals surface area contributed by atoms with Crippen LogP contribution in [0.25, 0.3) is 0 Å². The molecule has 0 rings (SSSR count). The maximum Gasteiger partial charge on any atom is 0.264 e. The van der Waals surface area contributed by atoms with Crippen molar-refractivity contribution < 1.29 is 17.5 Å². The third kappa shape index (κ3) is 12.6. The molecule has 0 radical (unpaired) electrons. The van der Waals surface area contributed by atoms with Gasteiger partial charge in [0.05, 0.1) is 31.9 Å². The van der Waals surface area contributed by atoms with Gasteiger partial charge in [0.25, 0.3) is 10.1 Å². The molecule has 0 amide bonds. The average Bonchev–Trinajstić information content (AvgIpc) is 2.38. The second-order valence-electron chi connectivity index (χ2n) is 4.95. The molecule has 0 spiro atoms. The largest absolute Gasteiger partial charge is 0.325 e. The second-order valence-corrected chi connectivity index (χ2v) is 6.53. The van der Waals surface area contributed by atoms with Gasteiger partial charge in [-0.15, -0.1) is 0 Å². The number of nitrogens with zero attached hydrogens (tertiary/aromatic N) is 1. The first-order chi connectivity index (χ1) is 8.80. The molecule has 0 unspecified atom stereocenters. The summed E-state index contributed by atoms with van der Waals surface area (Å²) >= 11 is 0. The van der Waals surface area contributed by atoms with Crippen molar-refractivity contribution in [2.24, 2.45) is 0 Å². The van der Waals surface area contributed by atoms with Crippen molar-refractivity contribution in [2.45, 2.75) is 60.3 Å². The normalized spacial score (nSPS) is 11.9. The Morgan fingerprint density at radius 3 is 1.42 bits per heavy atom. The molecule has 0 bridgehead atoms. The lowest BCUT2D eigenvalue weighted by Crippen LogP contribution is -2.47. The Hall–Kier alpha value is -0.130. The topological polar surface area (TPSA) is 54.4 Å². The zero-order chi connectivity index (χ0) is 15.4. The summed E-state index contributed by atoms with van der Waals surface area (Å²) in [6.07, 6.45) is 3.57. The van der Waals surface area contributed by atoms with Crippen LogP contribution in [0, 0.1) is 0 Å². The Morgan fingerprint density at radius 2 is 1.21 bits per heavy atom. The minimum Gasteiger partial charge on any atom is -0.325 e. The van der Waals surface area contributed by atoms with E-state index in [-0.39, 0.29) is 5.75 Å². The minimum absolute atomic E-state index is 0.0903. The van der Waals surface area contributed by atoms with Gasteiger partial charge in [-0.1, -0.05) is 26.2 Å². The van der Waals surface area contributed by atoms with Crippen molar-refractivity contribution in [1.29, 1.82) is 0 Å². The Morgan fingerprint density at radius 1 is 0.789 bits per heavy atom. The Labute approximate surface area is 120 Å². The van der Waals surface area contributed by atoms with Crippen LogP contribution in [-0.4, -0.2) is 49.4 Å². The fraction of sp³-hybridized carbons (Fsp3) is 1.00. The summed E-state index contributed by atoms with van der Waals surface area (Å²) in [6.45, 7) is 16.3. The maximum atomic E-state index is 10.1. The van der Waals surface area contributed by atoms with E-state index < -0.39 is 10.1 Å². The van der Waals surface area contributed by atoms with E-state index in [0.717, 1.165) is 19.3 Å². The average molecular weight is 296 g/mol. The molecule has 0 aliphatic carbocycles. The van der Waals surface area contributed by atoms with Crippen LogP contribution in [0.15, 0.2) is 0 Å². The minimum atomic E-state index is -3.70. The van der Waals surface area contributed by atoms with Crippen molar-refractivity contribution in [3.05, 3.63) is 0 Å². The second kappa shape index (κ2) is 11.7. The van der Waals surface area contributed by atoms with E-state index in [1.807, 2.05) is 6.92 Å². The summed E-state index contributed by atoms with van der Waals surface area (Å²) in [7, 11) is -3.70. The van der Waals surface area contributed by atoms with Crippen LogP contribution in [0.1, 0.15) is 60.3 Å². The smallest absolute Gasteiger partial charge is 0.264 e. The Bertz CT molecular complexity index is 268. The maximum absolute atomic E-state index is 10.1. The van der Waals surface area contributed by atoms with Crippen LogP contribution in [-0.2, 0) is 10.1 Å². The van der Waals surface area contributed by atoms with Crippen molar-refractivity contribution in [2.75, 3.05) is 31.9 Å². The zero-order valence-corrected chi connectivity index (χ0v) is 14.3. The first kappa shape index (κ1) is 21.2. The molecular weight excluding hydrogens is 262 g/mol. The highest BCUT2D eigenvalue weighted by Gasteiger charge is 2.16. The molecule has 0 aliphatic rings. The summed E-state index contributed by atoms with van der Waals surface area (Å²) in [5.41, 5.74) is 0. The molecule has 1 N–H and O–H groups in total. The van der Waals surface area contributed by atoms with E-state index in [9.17, 15) is 8.42 Å². The van der Waals surface area contributed by atoms with Gasteiger partial charge in [0.15, 0.2) is 0 Å². The molecular formula is C14H34NO3S+. The Kier molecular flexibility index (Phi) is 13.0. The number of hydrogen-bond acceptors (Lipinski definition) is 2. The van der Waals surface area contributed by atoms with E-state index in [0.29, 0.717) is 6.42 Å². The third-order valence-electron chi connectivity index (χ3n) is 3.94. The van der Waals surface area contributed by atoms with Crippen LogP contribution in [0.3, 0.4) is 0 Å². The third-order valence-corrected chi connectivity index (χ3v) is 4.74. The molecule has 0 saturated carbocycles. The summed E-state index contributed by atoms with van der Waals surface area (Å²) in [6, 6.07) is 0. The van der Waals surface area contributed by atoms with Gasteiger partial charge in [0.1, 0.15) is 0 Å². The van der Waals surface area contributed by atoms with Crippen LogP contribution in [0.4, 0.5) is 0 Å². The van der Waals surface area contributed by atoms with Gasteiger partial charge in [-0.3, -0.25) is 4.55 Å². The van der Waals surface area contributed by atoms with Gasteiger partial charge in [-0.25, -0.2) is 0 Å². The molecule has 0 aromatic carbocycles. The number of rotatable bonds is 9. The van der Waals surface area contributed by atoms with Crippen molar-refractivity contribution in [3.63, 3.8) is 0 Å². The van der Waals surface area contributed by atoms with Gasteiger partial charge < -0.3 is 4.48 Å². The molecule has 0 aromatic heterocycles. The van der Waals surface area contributed by atoms with E-state index >= 15 is 0 Å². The molecule has 0 aliphatic heterocycles. The fourth-order valence-electron chi connectivity index (χ4n) is 2.05. The molecule has 5 heteroatoms. The Balaban J connectivity index is 0. The first-order valence-corrected chi connectivity index (χ1v) is 9.21. The van der Waals surface area contributed by atoms with Crippen molar-refractivity contribution >= 4 is 10.1 Å². The highest BCUT2D eigenvalue weighted by molar-refractivity contribution is 7.85. The highest BCUT2D eigenvalue weighted by Crippen LogP contribution is 2.03. The molecule has 0 aromatic rings. The summed E-state index contributed by atoms with van der Waals surface area (Å²) < 4.78 is 29.9. The van der Waals surface area contributed by atoms with E-state index in [1.165, 1.54) is 30.7 Å². The van der Waals surface area contributed by atoms with Crippen LogP contribution in [0.5, 0.6) is 0 Å². The van der Waals surface area contributed by atoms with Gasteiger partial charge in [-0.2, -0.15) is 8.42 Å². The summed E-state index contributed by atoms with van der Waals surface area (Å²) in [5.74, 6) is -0.0903. The molecule has 0 saturated heterocycles. The van der Waals surface area contributed by atoms with E-state index in [1.54, 1.807) is 0 Å². The molecule has 19 heavy (non-hydrogen) atoms. The predicted molar refractivity (Wildman–Crippen MR) is 83.0 cm³/mol. The lowest BCUT2D eigenvalue weighted by molar-refractivity contribution is -0.921.